The summed E-state index contributed by atoms with van der Waals surface area (Å²) in [7, 11) is -3.54. The van der Waals surface area contributed by atoms with Gasteiger partial charge < -0.3 is 15.1 Å². The van der Waals surface area contributed by atoms with E-state index in [9.17, 15) is 14.3 Å². The van der Waals surface area contributed by atoms with Crippen LogP contribution in [0.25, 0.3) is 0 Å². The van der Waals surface area contributed by atoms with Crippen LogP contribution in [-0.2, 0) is 21.9 Å². The third kappa shape index (κ3) is 4.49. The molecule has 0 radical (unpaired) electrons. The van der Waals surface area contributed by atoms with Crippen LogP contribution >= 0.6 is 18.9 Å². The van der Waals surface area contributed by atoms with Crippen molar-refractivity contribution in [1.29, 1.82) is 0 Å². The zero-order valence-corrected chi connectivity index (χ0v) is 12.2. The van der Waals surface area contributed by atoms with E-state index in [-0.39, 0.29) is 12.6 Å². The highest BCUT2D eigenvalue weighted by Gasteiger charge is 2.19. The van der Waals surface area contributed by atoms with Gasteiger partial charge in [-0.15, -0.1) is 11.3 Å². The number of rotatable bonds is 6. The zero-order chi connectivity index (χ0) is 14.6. The highest BCUT2D eigenvalue weighted by Crippen LogP contribution is 2.45. The summed E-state index contributed by atoms with van der Waals surface area (Å²) >= 11 is 1.22. The fourth-order valence-corrected chi connectivity index (χ4v) is 4.23. The van der Waals surface area contributed by atoms with E-state index in [1.807, 2.05) is 18.2 Å². The predicted octanol–water partition coefficient (Wildman–Crippen LogP) is 3.17. The molecule has 1 unspecified atom stereocenters. The first-order valence-corrected chi connectivity index (χ1v) is 8.60. The molecule has 0 saturated heterocycles. The molecule has 0 aliphatic heterocycles. The SMILES string of the molecule is O=C(O)Cc1csc(NP(=O)(O)Cc2ccccc2)c1. The summed E-state index contributed by atoms with van der Waals surface area (Å²) in [6, 6.07) is 10.6. The van der Waals surface area contributed by atoms with Crippen molar-refractivity contribution in [2.75, 3.05) is 5.09 Å². The summed E-state index contributed by atoms with van der Waals surface area (Å²) in [6.45, 7) is 0. The Morgan fingerprint density at radius 1 is 1.25 bits per heavy atom. The number of benzene rings is 1. The average molecular weight is 311 g/mol. The van der Waals surface area contributed by atoms with Gasteiger partial charge in [-0.3, -0.25) is 9.36 Å². The molecule has 1 atom stereocenters. The lowest BCUT2D eigenvalue weighted by atomic mass is 10.2. The summed E-state index contributed by atoms with van der Waals surface area (Å²) in [5, 5.41) is 13.4. The molecule has 0 amide bonds. The van der Waals surface area contributed by atoms with E-state index in [2.05, 4.69) is 5.09 Å². The first kappa shape index (κ1) is 14.8. The normalized spacial score (nSPS) is 13.7. The maximum absolute atomic E-state index is 12.1. The van der Waals surface area contributed by atoms with Crippen LogP contribution in [0, 0.1) is 0 Å². The Hall–Kier alpha value is -1.62. The van der Waals surface area contributed by atoms with Crippen molar-refractivity contribution in [3.05, 3.63) is 52.9 Å². The molecule has 0 spiro atoms. The number of nitrogens with one attached hydrogen (secondary N) is 1. The molecule has 1 heterocycles. The molecular weight excluding hydrogens is 297 g/mol. The second-order valence-electron chi connectivity index (χ2n) is 4.35. The van der Waals surface area contributed by atoms with Gasteiger partial charge in [-0.25, -0.2) is 0 Å². The lowest BCUT2D eigenvalue weighted by molar-refractivity contribution is -0.136. The van der Waals surface area contributed by atoms with Gasteiger partial charge in [0.15, 0.2) is 0 Å². The Balaban J connectivity index is 2.02. The highest BCUT2D eigenvalue weighted by molar-refractivity contribution is 7.59. The molecule has 3 N–H and O–H groups in total. The predicted molar refractivity (Wildman–Crippen MR) is 79.3 cm³/mol. The fraction of sp³-hybridized carbons (Fsp3) is 0.154. The van der Waals surface area contributed by atoms with Gasteiger partial charge in [0.2, 0.25) is 0 Å². The van der Waals surface area contributed by atoms with Crippen molar-refractivity contribution in [3.8, 4) is 0 Å². The van der Waals surface area contributed by atoms with Gasteiger partial charge in [0.05, 0.1) is 17.6 Å². The quantitative estimate of drug-likeness (QED) is 0.713. The molecule has 2 rings (SSSR count). The van der Waals surface area contributed by atoms with Crippen LogP contribution in [-0.4, -0.2) is 16.0 Å². The molecule has 0 bridgehead atoms. The maximum atomic E-state index is 12.1. The van der Waals surface area contributed by atoms with E-state index in [1.54, 1.807) is 23.6 Å². The Labute approximate surface area is 120 Å². The highest BCUT2D eigenvalue weighted by atomic mass is 32.1. The first-order valence-electron chi connectivity index (χ1n) is 5.88. The molecule has 1 aromatic carbocycles. The van der Waals surface area contributed by atoms with Crippen molar-refractivity contribution in [2.45, 2.75) is 12.6 Å². The fourth-order valence-electron chi connectivity index (χ4n) is 1.74. The van der Waals surface area contributed by atoms with Crippen LogP contribution in [0.15, 0.2) is 41.8 Å². The van der Waals surface area contributed by atoms with Gasteiger partial charge in [-0.2, -0.15) is 0 Å². The number of carboxylic acids is 1. The Bertz CT molecular complexity index is 641. The van der Waals surface area contributed by atoms with Crippen LogP contribution in [0.4, 0.5) is 5.00 Å². The van der Waals surface area contributed by atoms with Crippen LogP contribution in [0.1, 0.15) is 11.1 Å². The van der Waals surface area contributed by atoms with E-state index in [1.165, 1.54) is 11.3 Å². The Kier molecular flexibility index (Phi) is 4.60. The van der Waals surface area contributed by atoms with E-state index in [0.717, 1.165) is 5.56 Å². The van der Waals surface area contributed by atoms with Crippen LogP contribution in [0.5, 0.6) is 0 Å². The van der Waals surface area contributed by atoms with Gasteiger partial charge in [0.25, 0.3) is 7.52 Å². The maximum Gasteiger partial charge on any atom is 0.307 e. The van der Waals surface area contributed by atoms with Crippen LogP contribution in [0.3, 0.4) is 0 Å². The minimum absolute atomic E-state index is 0.0278. The van der Waals surface area contributed by atoms with Gasteiger partial charge in [-0.05, 0) is 22.6 Å². The number of hydrogen-bond acceptors (Lipinski definition) is 3. The average Bonchev–Trinajstić information content (AvgIpc) is 2.75. The van der Waals surface area contributed by atoms with Crippen LogP contribution in [0.2, 0.25) is 0 Å². The number of hydrogen-bond donors (Lipinski definition) is 3. The van der Waals surface area contributed by atoms with Gasteiger partial charge in [0, 0.05) is 0 Å². The molecule has 1 aromatic heterocycles. The smallest absolute Gasteiger partial charge is 0.307 e. The van der Waals surface area contributed by atoms with E-state index in [4.69, 9.17) is 5.11 Å². The number of aliphatic carboxylic acids is 1. The van der Waals surface area contributed by atoms with Crippen molar-refractivity contribution in [2.24, 2.45) is 0 Å². The van der Waals surface area contributed by atoms with E-state index < -0.39 is 13.5 Å². The van der Waals surface area contributed by atoms with Crippen molar-refractivity contribution >= 4 is 29.8 Å². The van der Waals surface area contributed by atoms with Crippen molar-refractivity contribution in [3.63, 3.8) is 0 Å². The molecule has 0 aliphatic carbocycles. The number of carboxylic acid groups (broad SMARTS) is 1. The van der Waals surface area contributed by atoms with E-state index in [0.29, 0.717) is 10.6 Å². The molecule has 0 fully saturated rings. The monoisotopic (exact) mass is 311 g/mol. The minimum atomic E-state index is -3.54. The Morgan fingerprint density at radius 2 is 1.95 bits per heavy atom. The molecule has 5 nitrogen and oxygen atoms in total. The summed E-state index contributed by atoms with van der Waals surface area (Å²) in [6.07, 6.45) is -0.0629. The van der Waals surface area contributed by atoms with Gasteiger partial charge >= 0.3 is 5.97 Å². The lowest BCUT2D eigenvalue weighted by Gasteiger charge is -2.12. The first-order chi connectivity index (χ1) is 9.44. The molecule has 106 valence electrons. The molecule has 0 saturated carbocycles. The summed E-state index contributed by atoms with van der Waals surface area (Å²) in [5.74, 6) is -0.925. The topological polar surface area (TPSA) is 86.6 Å². The number of thiophene rings is 1. The number of anilines is 1. The summed E-state index contributed by atoms with van der Waals surface area (Å²) in [4.78, 5) is 20.5. The summed E-state index contributed by atoms with van der Waals surface area (Å²) < 4.78 is 12.1. The Morgan fingerprint density at radius 3 is 2.60 bits per heavy atom. The second-order valence-corrected chi connectivity index (χ2v) is 7.20. The van der Waals surface area contributed by atoms with Crippen molar-refractivity contribution < 1.29 is 19.4 Å². The zero-order valence-electron chi connectivity index (χ0n) is 10.5. The number of carbonyl (C=O) groups is 1. The van der Waals surface area contributed by atoms with Crippen LogP contribution < -0.4 is 5.09 Å². The lowest BCUT2D eigenvalue weighted by Crippen LogP contribution is -1.99. The molecule has 0 aliphatic rings. The molecule has 7 heteroatoms. The third-order valence-electron chi connectivity index (χ3n) is 2.53. The third-order valence-corrected chi connectivity index (χ3v) is 4.96. The van der Waals surface area contributed by atoms with E-state index >= 15 is 0 Å². The van der Waals surface area contributed by atoms with Gasteiger partial charge in [-0.1, -0.05) is 30.3 Å². The molecule has 20 heavy (non-hydrogen) atoms. The molecule has 2 aromatic rings. The van der Waals surface area contributed by atoms with Gasteiger partial charge in [0.1, 0.15) is 0 Å². The largest absolute Gasteiger partial charge is 0.481 e. The summed E-state index contributed by atoms with van der Waals surface area (Å²) in [5.41, 5.74) is 1.39. The minimum Gasteiger partial charge on any atom is -0.481 e. The van der Waals surface area contributed by atoms with Crippen molar-refractivity contribution in [1.82, 2.24) is 0 Å². The molecular formula is C13H14NO4PS. The standard InChI is InChI=1S/C13H14NO4PS/c15-13(16)7-11-6-12(20-9-11)14-19(17,18)8-10-4-2-1-3-5-10/h1-6,9H,7-8H2,(H,15,16)(H2,14,17,18). The second kappa shape index (κ2) is 6.22.